The zero-order valence-electron chi connectivity index (χ0n) is 12.3. The summed E-state index contributed by atoms with van der Waals surface area (Å²) in [6.07, 6.45) is -2.03. The van der Waals surface area contributed by atoms with Crippen molar-refractivity contribution in [1.29, 1.82) is 0 Å². The molecule has 2 N–H and O–H groups in total. The van der Waals surface area contributed by atoms with E-state index in [1.807, 2.05) is 0 Å². The van der Waals surface area contributed by atoms with Crippen molar-refractivity contribution in [3.63, 3.8) is 0 Å². The minimum Gasteiger partial charge on any atom is -0.346 e. The van der Waals surface area contributed by atoms with Crippen molar-refractivity contribution in [2.45, 2.75) is 37.4 Å². The fourth-order valence-corrected chi connectivity index (χ4v) is 2.59. The van der Waals surface area contributed by atoms with E-state index in [9.17, 15) is 18.0 Å². The number of benzene rings is 1. The van der Waals surface area contributed by atoms with Crippen LogP contribution in [0, 0.1) is 0 Å². The number of alkyl halides is 3. The Balaban J connectivity index is 1.81. The van der Waals surface area contributed by atoms with Gasteiger partial charge in [0, 0.05) is 0 Å². The maximum absolute atomic E-state index is 12.9. The van der Waals surface area contributed by atoms with Crippen molar-refractivity contribution in [2.24, 2.45) is 0 Å². The Bertz CT molecular complexity index is 708. The number of H-pyrrole nitrogens is 1. The Morgan fingerprint density at radius 3 is 2.70 bits per heavy atom. The van der Waals surface area contributed by atoms with Crippen LogP contribution >= 0.6 is 0 Å². The highest BCUT2D eigenvalue weighted by Crippen LogP contribution is 2.49. The number of hydrogen-bond acceptors (Lipinski definition) is 3. The molecule has 1 aliphatic rings. The molecule has 1 saturated carbocycles. The van der Waals surface area contributed by atoms with Gasteiger partial charge in [0.15, 0.2) is 0 Å². The van der Waals surface area contributed by atoms with E-state index in [2.05, 4.69) is 20.5 Å². The van der Waals surface area contributed by atoms with E-state index < -0.39 is 23.2 Å². The molecule has 23 heavy (non-hydrogen) atoms. The molecule has 8 heteroatoms. The van der Waals surface area contributed by atoms with Gasteiger partial charge in [-0.05, 0) is 31.4 Å². The van der Waals surface area contributed by atoms with Gasteiger partial charge < -0.3 is 5.32 Å². The lowest BCUT2D eigenvalue weighted by atomic mass is 9.93. The van der Waals surface area contributed by atoms with Gasteiger partial charge in [0.25, 0.3) is 0 Å². The van der Waals surface area contributed by atoms with Gasteiger partial charge in [-0.2, -0.15) is 18.3 Å². The zero-order chi connectivity index (χ0) is 16.7. The van der Waals surface area contributed by atoms with Gasteiger partial charge in [0.05, 0.1) is 17.0 Å². The summed E-state index contributed by atoms with van der Waals surface area (Å²) in [4.78, 5) is 16.5. The molecule has 1 aromatic carbocycles. The molecule has 1 fully saturated rings. The van der Waals surface area contributed by atoms with E-state index in [1.165, 1.54) is 12.4 Å². The van der Waals surface area contributed by atoms with Crippen LogP contribution in [0.3, 0.4) is 0 Å². The van der Waals surface area contributed by atoms with E-state index in [-0.39, 0.29) is 5.91 Å². The highest BCUT2D eigenvalue weighted by atomic mass is 19.4. The van der Waals surface area contributed by atoms with Crippen molar-refractivity contribution >= 4 is 5.91 Å². The SMILES string of the molecule is CC(NC(=O)C1(c2cccc(C(F)(F)F)c2)CC1)c1ncn[nH]1. The molecular formula is C15H15F3N4O. The summed E-state index contributed by atoms with van der Waals surface area (Å²) in [6, 6.07) is 4.58. The number of aromatic nitrogens is 3. The first-order chi connectivity index (χ1) is 10.8. The maximum atomic E-state index is 12.9. The van der Waals surface area contributed by atoms with Crippen LogP contribution in [-0.4, -0.2) is 21.1 Å². The first kappa shape index (κ1) is 15.5. The highest BCUT2D eigenvalue weighted by Gasteiger charge is 2.52. The third-order valence-corrected chi connectivity index (χ3v) is 4.12. The second kappa shape index (κ2) is 5.36. The minimum absolute atomic E-state index is 0.291. The van der Waals surface area contributed by atoms with Crippen LogP contribution in [0.1, 0.15) is 42.8 Å². The fourth-order valence-electron chi connectivity index (χ4n) is 2.59. The predicted octanol–water partition coefficient (Wildman–Crippen LogP) is 2.73. The van der Waals surface area contributed by atoms with Crippen LogP contribution in [0.5, 0.6) is 0 Å². The van der Waals surface area contributed by atoms with Crippen LogP contribution in [-0.2, 0) is 16.4 Å². The molecule has 0 spiro atoms. The summed E-state index contributed by atoms with van der Waals surface area (Å²) in [7, 11) is 0. The number of amides is 1. The molecule has 1 atom stereocenters. The Morgan fingerprint density at radius 2 is 2.13 bits per heavy atom. The van der Waals surface area contributed by atoms with Crippen molar-refractivity contribution in [1.82, 2.24) is 20.5 Å². The van der Waals surface area contributed by atoms with Gasteiger partial charge in [-0.25, -0.2) is 4.98 Å². The molecule has 1 amide bonds. The largest absolute Gasteiger partial charge is 0.416 e. The van der Waals surface area contributed by atoms with Gasteiger partial charge in [-0.15, -0.1) is 0 Å². The summed E-state index contributed by atoms with van der Waals surface area (Å²) in [5.41, 5.74) is -1.22. The smallest absolute Gasteiger partial charge is 0.346 e. The molecule has 3 rings (SSSR count). The number of halogens is 3. The summed E-state index contributed by atoms with van der Waals surface area (Å²) < 4.78 is 38.6. The predicted molar refractivity (Wildman–Crippen MR) is 75.3 cm³/mol. The van der Waals surface area contributed by atoms with Crippen molar-refractivity contribution in [3.8, 4) is 0 Å². The number of carbonyl (C=O) groups excluding carboxylic acids is 1. The third-order valence-electron chi connectivity index (χ3n) is 4.12. The number of rotatable bonds is 4. The quantitative estimate of drug-likeness (QED) is 0.908. The lowest BCUT2D eigenvalue weighted by Crippen LogP contribution is -2.36. The molecule has 122 valence electrons. The van der Waals surface area contributed by atoms with Crippen LogP contribution in [0.15, 0.2) is 30.6 Å². The fraction of sp³-hybridized carbons (Fsp3) is 0.400. The lowest BCUT2D eigenvalue weighted by Gasteiger charge is -2.19. The third kappa shape index (κ3) is 2.93. The minimum atomic E-state index is -4.42. The van der Waals surface area contributed by atoms with Crippen LogP contribution in [0.2, 0.25) is 0 Å². The molecule has 2 aromatic rings. The van der Waals surface area contributed by atoms with Crippen molar-refractivity contribution < 1.29 is 18.0 Å². The first-order valence-electron chi connectivity index (χ1n) is 7.17. The second-order valence-corrected chi connectivity index (χ2v) is 5.73. The monoisotopic (exact) mass is 324 g/mol. The summed E-state index contributed by atoms with van der Waals surface area (Å²) in [6.45, 7) is 1.74. The normalized spacial score (nSPS) is 17.6. The average molecular weight is 324 g/mol. The zero-order valence-corrected chi connectivity index (χ0v) is 12.3. The number of carbonyl (C=O) groups is 1. The summed E-state index contributed by atoms with van der Waals surface area (Å²) in [5, 5.41) is 9.16. The molecule has 5 nitrogen and oxygen atoms in total. The molecule has 1 aromatic heterocycles. The van der Waals surface area contributed by atoms with E-state index in [0.717, 1.165) is 12.1 Å². The molecule has 1 unspecified atom stereocenters. The number of aromatic amines is 1. The van der Waals surface area contributed by atoms with Gasteiger partial charge in [0.1, 0.15) is 12.2 Å². The molecule has 0 bridgehead atoms. The van der Waals surface area contributed by atoms with E-state index in [0.29, 0.717) is 24.2 Å². The average Bonchev–Trinajstić information content (AvgIpc) is 3.13. The molecule has 0 radical (unpaired) electrons. The maximum Gasteiger partial charge on any atom is 0.416 e. The Labute approximate surface area is 130 Å². The molecule has 1 aliphatic carbocycles. The van der Waals surface area contributed by atoms with Gasteiger partial charge in [0.2, 0.25) is 5.91 Å². The Morgan fingerprint density at radius 1 is 1.39 bits per heavy atom. The Hall–Kier alpha value is -2.38. The van der Waals surface area contributed by atoms with Gasteiger partial charge in [-0.3, -0.25) is 9.89 Å². The molecule has 0 saturated heterocycles. The first-order valence-corrected chi connectivity index (χ1v) is 7.17. The van der Waals surface area contributed by atoms with E-state index >= 15 is 0 Å². The van der Waals surface area contributed by atoms with Crippen molar-refractivity contribution in [3.05, 3.63) is 47.5 Å². The number of nitrogens with zero attached hydrogens (tertiary/aromatic N) is 2. The highest BCUT2D eigenvalue weighted by molar-refractivity contribution is 5.91. The topological polar surface area (TPSA) is 70.7 Å². The van der Waals surface area contributed by atoms with Crippen molar-refractivity contribution in [2.75, 3.05) is 0 Å². The molecular weight excluding hydrogens is 309 g/mol. The van der Waals surface area contributed by atoms with E-state index in [4.69, 9.17) is 0 Å². The summed E-state index contributed by atoms with van der Waals surface area (Å²) >= 11 is 0. The number of nitrogens with one attached hydrogen (secondary N) is 2. The van der Waals surface area contributed by atoms with Crippen LogP contribution < -0.4 is 5.32 Å². The van der Waals surface area contributed by atoms with E-state index in [1.54, 1.807) is 13.0 Å². The van der Waals surface area contributed by atoms with Crippen LogP contribution in [0.25, 0.3) is 0 Å². The summed E-state index contributed by atoms with van der Waals surface area (Å²) in [5.74, 6) is 0.207. The Kier molecular flexibility index (Phi) is 3.62. The standard InChI is InChI=1S/C15H15F3N4O/c1-9(12-19-8-20-22-12)21-13(23)14(5-6-14)10-3-2-4-11(7-10)15(16,17)18/h2-4,7-9H,5-6H2,1H3,(H,21,23)(H,19,20,22). The molecule has 0 aliphatic heterocycles. The van der Waals surface area contributed by atoms with Crippen LogP contribution in [0.4, 0.5) is 13.2 Å². The van der Waals surface area contributed by atoms with Gasteiger partial charge in [-0.1, -0.05) is 18.2 Å². The molecule has 1 heterocycles. The van der Waals surface area contributed by atoms with Gasteiger partial charge >= 0.3 is 6.18 Å². The number of hydrogen-bond donors (Lipinski definition) is 2. The lowest BCUT2D eigenvalue weighted by molar-refractivity contribution is -0.137. The second-order valence-electron chi connectivity index (χ2n) is 5.73.